The van der Waals surface area contributed by atoms with E-state index in [2.05, 4.69) is 17.1 Å². The SMILES string of the molecule is CC1CCN(CCC(=O)Nc2ccc(CN)cc2)C1. The Morgan fingerprint density at radius 3 is 2.74 bits per heavy atom. The van der Waals surface area contributed by atoms with Crippen LogP contribution in [-0.2, 0) is 11.3 Å². The number of carbonyl (C=O) groups is 1. The first-order chi connectivity index (χ1) is 9.17. The third-order valence-electron chi connectivity index (χ3n) is 3.64. The maximum atomic E-state index is 11.8. The van der Waals surface area contributed by atoms with Crippen molar-refractivity contribution in [2.24, 2.45) is 11.7 Å². The Bertz CT molecular complexity index is 416. The van der Waals surface area contributed by atoms with Crippen LogP contribution in [0.5, 0.6) is 0 Å². The molecule has 1 aromatic rings. The van der Waals surface area contributed by atoms with Gasteiger partial charge in [0.05, 0.1) is 0 Å². The molecule has 0 saturated carbocycles. The number of nitrogens with two attached hydrogens (primary N) is 1. The topological polar surface area (TPSA) is 58.4 Å². The Balaban J connectivity index is 1.74. The molecule has 0 spiro atoms. The van der Waals surface area contributed by atoms with E-state index in [0.717, 1.165) is 36.8 Å². The molecule has 1 unspecified atom stereocenters. The number of rotatable bonds is 5. The molecule has 1 fully saturated rings. The summed E-state index contributed by atoms with van der Waals surface area (Å²) in [6, 6.07) is 7.69. The fourth-order valence-corrected chi connectivity index (χ4v) is 2.44. The lowest BCUT2D eigenvalue weighted by Gasteiger charge is -2.14. The molecule has 1 atom stereocenters. The molecule has 19 heavy (non-hydrogen) atoms. The molecule has 104 valence electrons. The van der Waals surface area contributed by atoms with Gasteiger partial charge in [-0.3, -0.25) is 4.79 Å². The van der Waals surface area contributed by atoms with Crippen LogP contribution in [0.25, 0.3) is 0 Å². The first-order valence-corrected chi connectivity index (χ1v) is 6.98. The summed E-state index contributed by atoms with van der Waals surface area (Å²) in [5, 5.41) is 2.92. The van der Waals surface area contributed by atoms with E-state index in [9.17, 15) is 4.79 Å². The van der Waals surface area contributed by atoms with Crippen LogP contribution in [-0.4, -0.2) is 30.4 Å². The van der Waals surface area contributed by atoms with Gasteiger partial charge >= 0.3 is 0 Å². The van der Waals surface area contributed by atoms with Crippen LogP contribution in [0.15, 0.2) is 24.3 Å². The molecular weight excluding hydrogens is 238 g/mol. The van der Waals surface area contributed by atoms with Gasteiger partial charge in [0.1, 0.15) is 0 Å². The fourth-order valence-electron chi connectivity index (χ4n) is 2.44. The van der Waals surface area contributed by atoms with E-state index in [0.29, 0.717) is 13.0 Å². The number of benzene rings is 1. The van der Waals surface area contributed by atoms with Gasteiger partial charge in [-0.25, -0.2) is 0 Å². The van der Waals surface area contributed by atoms with Gasteiger partial charge in [0.2, 0.25) is 5.91 Å². The van der Waals surface area contributed by atoms with Crippen LogP contribution in [0.2, 0.25) is 0 Å². The second kappa shape index (κ2) is 6.68. The van der Waals surface area contributed by atoms with Crippen molar-refractivity contribution in [2.75, 3.05) is 25.0 Å². The summed E-state index contributed by atoms with van der Waals surface area (Å²) in [5.41, 5.74) is 7.45. The van der Waals surface area contributed by atoms with Crippen LogP contribution in [0, 0.1) is 5.92 Å². The van der Waals surface area contributed by atoms with Gasteiger partial charge in [-0.2, -0.15) is 0 Å². The van der Waals surface area contributed by atoms with Gasteiger partial charge in [-0.05, 0) is 36.6 Å². The molecule has 2 rings (SSSR count). The van der Waals surface area contributed by atoms with Crippen molar-refractivity contribution >= 4 is 11.6 Å². The van der Waals surface area contributed by atoms with E-state index >= 15 is 0 Å². The lowest BCUT2D eigenvalue weighted by atomic mass is 10.2. The molecule has 1 heterocycles. The van der Waals surface area contributed by atoms with E-state index in [1.165, 1.54) is 6.42 Å². The van der Waals surface area contributed by atoms with E-state index in [4.69, 9.17) is 5.73 Å². The zero-order chi connectivity index (χ0) is 13.7. The van der Waals surface area contributed by atoms with Crippen LogP contribution in [0.4, 0.5) is 5.69 Å². The predicted molar refractivity (Wildman–Crippen MR) is 77.8 cm³/mol. The van der Waals surface area contributed by atoms with Crippen LogP contribution in [0.3, 0.4) is 0 Å². The maximum absolute atomic E-state index is 11.8. The second-order valence-corrected chi connectivity index (χ2v) is 5.39. The summed E-state index contributed by atoms with van der Waals surface area (Å²) >= 11 is 0. The predicted octanol–water partition coefficient (Wildman–Crippen LogP) is 1.82. The minimum Gasteiger partial charge on any atom is -0.326 e. The molecule has 0 aliphatic carbocycles. The third-order valence-corrected chi connectivity index (χ3v) is 3.64. The van der Waals surface area contributed by atoms with Crippen molar-refractivity contribution in [3.63, 3.8) is 0 Å². The highest BCUT2D eigenvalue weighted by Crippen LogP contribution is 2.15. The van der Waals surface area contributed by atoms with Crippen molar-refractivity contribution in [2.45, 2.75) is 26.3 Å². The number of carbonyl (C=O) groups excluding carboxylic acids is 1. The van der Waals surface area contributed by atoms with Crippen LogP contribution in [0.1, 0.15) is 25.3 Å². The number of hydrogen-bond acceptors (Lipinski definition) is 3. The Kier molecular flexibility index (Phi) is 4.93. The standard InChI is InChI=1S/C15H23N3O/c1-12-6-8-18(11-12)9-7-15(19)17-14-4-2-13(10-16)3-5-14/h2-5,12H,6-11,16H2,1H3,(H,17,19). The van der Waals surface area contributed by atoms with Crippen LogP contribution < -0.4 is 11.1 Å². The maximum Gasteiger partial charge on any atom is 0.225 e. The molecule has 4 nitrogen and oxygen atoms in total. The smallest absolute Gasteiger partial charge is 0.225 e. The van der Waals surface area contributed by atoms with E-state index in [1.807, 2.05) is 24.3 Å². The molecule has 1 aromatic carbocycles. The summed E-state index contributed by atoms with van der Waals surface area (Å²) in [7, 11) is 0. The summed E-state index contributed by atoms with van der Waals surface area (Å²) in [5.74, 6) is 0.854. The highest BCUT2D eigenvalue weighted by atomic mass is 16.1. The summed E-state index contributed by atoms with van der Waals surface area (Å²) in [6.45, 7) is 5.90. The molecule has 0 bridgehead atoms. The van der Waals surface area contributed by atoms with Crippen molar-refractivity contribution in [1.82, 2.24) is 4.90 Å². The molecule has 4 heteroatoms. The van der Waals surface area contributed by atoms with Gasteiger partial charge in [-0.15, -0.1) is 0 Å². The molecule has 0 radical (unpaired) electrons. The monoisotopic (exact) mass is 261 g/mol. The Morgan fingerprint density at radius 1 is 1.42 bits per heavy atom. The average Bonchev–Trinajstić information content (AvgIpc) is 2.83. The molecule has 1 aliphatic rings. The molecule has 3 N–H and O–H groups in total. The van der Waals surface area contributed by atoms with Gasteiger partial charge in [0.25, 0.3) is 0 Å². The Labute approximate surface area is 115 Å². The fraction of sp³-hybridized carbons (Fsp3) is 0.533. The second-order valence-electron chi connectivity index (χ2n) is 5.39. The first kappa shape index (κ1) is 14.0. The van der Waals surface area contributed by atoms with E-state index in [1.54, 1.807) is 0 Å². The zero-order valence-electron chi connectivity index (χ0n) is 11.6. The van der Waals surface area contributed by atoms with Crippen molar-refractivity contribution in [3.05, 3.63) is 29.8 Å². The minimum absolute atomic E-state index is 0.0834. The van der Waals surface area contributed by atoms with Crippen LogP contribution >= 0.6 is 0 Å². The molecule has 1 aliphatic heterocycles. The van der Waals surface area contributed by atoms with E-state index in [-0.39, 0.29) is 5.91 Å². The molecule has 0 aromatic heterocycles. The molecular formula is C15H23N3O. The Hall–Kier alpha value is -1.39. The number of likely N-dealkylation sites (tertiary alicyclic amines) is 1. The molecule has 1 saturated heterocycles. The van der Waals surface area contributed by atoms with Gasteiger partial charge in [0.15, 0.2) is 0 Å². The normalized spacial score (nSPS) is 19.6. The Morgan fingerprint density at radius 2 is 2.16 bits per heavy atom. The van der Waals surface area contributed by atoms with Gasteiger partial charge in [0, 0.05) is 31.7 Å². The van der Waals surface area contributed by atoms with E-state index < -0.39 is 0 Å². The molecule has 1 amide bonds. The van der Waals surface area contributed by atoms with Gasteiger partial charge in [-0.1, -0.05) is 19.1 Å². The van der Waals surface area contributed by atoms with Crippen molar-refractivity contribution in [1.29, 1.82) is 0 Å². The summed E-state index contributed by atoms with van der Waals surface area (Å²) in [4.78, 5) is 14.2. The summed E-state index contributed by atoms with van der Waals surface area (Å²) < 4.78 is 0. The number of hydrogen-bond donors (Lipinski definition) is 2. The third kappa shape index (κ3) is 4.33. The average molecular weight is 261 g/mol. The highest BCUT2D eigenvalue weighted by Gasteiger charge is 2.18. The van der Waals surface area contributed by atoms with Gasteiger partial charge < -0.3 is 16.0 Å². The number of nitrogens with zero attached hydrogens (tertiary/aromatic N) is 1. The first-order valence-electron chi connectivity index (χ1n) is 6.98. The number of amides is 1. The highest BCUT2D eigenvalue weighted by molar-refractivity contribution is 5.90. The lowest BCUT2D eigenvalue weighted by molar-refractivity contribution is -0.116. The number of nitrogens with one attached hydrogen (secondary N) is 1. The number of anilines is 1. The quantitative estimate of drug-likeness (QED) is 0.850. The largest absolute Gasteiger partial charge is 0.326 e. The lowest BCUT2D eigenvalue weighted by Crippen LogP contribution is -2.25. The van der Waals surface area contributed by atoms with Crippen molar-refractivity contribution < 1.29 is 4.79 Å². The minimum atomic E-state index is 0.0834. The zero-order valence-corrected chi connectivity index (χ0v) is 11.6. The summed E-state index contributed by atoms with van der Waals surface area (Å²) in [6.07, 6.45) is 1.81. The van der Waals surface area contributed by atoms with Crippen molar-refractivity contribution in [3.8, 4) is 0 Å².